The van der Waals surface area contributed by atoms with E-state index in [0.717, 1.165) is 12.1 Å². The van der Waals surface area contributed by atoms with E-state index in [1.807, 2.05) is 0 Å². The number of likely N-dealkylation sites (tertiary alicyclic amines) is 1. The number of nitrogens with zero attached hydrogens (tertiary/aromatic N) is 5. The van der Waals surface area contributed by atoms with Crippen LogP contribution in [0.2, 0.25) is 0 Å². The number of carbonyl (C=O) groups is 2. The van der Waals surface area contributed by atoms with Gasteiger partial charge in [0, 0.05) is 19.0 Å². The van der Waals surface area contributed by atoms with Crippen LogP contribution in [-0.2, 0) is 14.3 Å². The van der Waals surface area contributed by atoms with Crippen molar-refractivity contribution < 1.29 is 27.8 Å². The van der Waals surface area contributed by atoms with Crippen LogP contribution < -0.4 is 0 Å². The highest BCUT2D eigenvalue weighted by Crippen LogP contribution is 2.29. The highest BCUT2D eigenvalue weighted by molar-refractivity contribution is 5.82. The number of esters is 1. The Balaban J connectivity index is 1.83. The first-order valence-electron chi connectivity index (χ1n) is 8.91. The maximum absolute atomic E-state index is 14.0. The SMILES string of the molecule is COC(=O)C1CC(n2nnc(-c3ccc(F)cc3F)n2)CN1C(=O)OC(C)(C)C. The lowest BCUT2D eigenvalue weighted by molar-refractivity contribution is -0.145. The van der Waals surface area contributed by atoms with Crippen LogP contribution in [0.15, 0.2) is 18.2 Å². The fraction of sp³-hybridized carbons (Fsp3) is 0.500. The van der Waals surface area contributed by atoms with Gasteiger partial charge in [-0.3, -0.25) is 4.90 Å². The third kappa shape index (κ3) is 4.49. The van der Waals surface area contributed by atoms with Crippen LogP contribution >= 0.6 is 0 Å². The summed E-state index contributed by atoms with van der Waals surface area (Å²) in [7, 11) is 1.23. The van der Waals surface area contributed by atoms with Crippen LogP contribution in [0.4, 0.5) is 13.6 Å². The molecular formula is C18H21F2N5O4. The van der Waals surface area contributed by atoms with Gasteiger partial charge in [-0.25, -0.2) is 18.4 Å². The number of rotatable bonds is 3. The van der Waals surface area contributed by atoms with Gasteiger partial charge in [0.1, 0.15) is 23.3 Å². The van der Waals surface area contributed by atoms with E-state index >= 15 is 0 Å². The summed E-state index contributed by atoms with van der Waals surface area (Å²) >= 11 is 0. The summed E-state index contributed by atoms with van der Waals surface area (Å²) in [6, 6.07) is 1.65. The van der Waals surface area contributed by atoms with Crippen molar-refractivity contribution in [2.45, 2.75) is 44.9 Å². The van der Waals surface area contributed by atoms with E-state index in [4.69, 9.17) is 9.47 Å². The van der Waals surface area contributed by atoms with E-state index in [9.17, 15) is 18.4 Å². The van der Waals surface area contributed by atoms with Crippen molar-refractivity contribution in [3.05, 3.63) is 29.8 Å². The van der Waals surface area contributed by atoms with Crippen molar-refractivity contribution in [2.75, 3.05) is 13.7 Å². The molecule has 2 heterocycles. The lowest BCUT2D eigenvalue weighted by atomic mass is 10.2. The first kappa shape index (κ1) is 20.6. The Bertz CT molecular complexity index is 927. The molecule has 2 unspecified atom stereocenters. The number of tetrazole rings is 1. The molecule has 0 saturated carbocycles. The molecule has 9 nitrogen and oxygen atoms in total. The Hall–Kier alpha value is -3.11. The van der Waals surface area contributed by atoms with Crippen LogP contribution in [0.1, 0.15) is 33.2 Å². The molecule has 1 fully saturated rings. The Morgan fingerprint density at radius 3 is 2.59 bits per heavy atom. The van der Waals surface area contributed by atoms with Gasteiger partial charge >= 0.3 is 12.1 Å². The van der Waals surface area contributed by atoms with Crippen molar-refractivity contribution in [3.63, 3.8) is 0 Å². The second-order valence-corrected chi connectivity index (χ2v) is 7.62. The van der Waals surface area contributed by atoms with E-state index in [0.29, 0.717) is 0 Å². The first-order chi connectivity index (χ1) is 13.6. The molecule has 1 saturated heterocycles. The predicted octanol–water partition coefficient (Wildman–Crippen LogP) is 2.34. The number of aromatic nitrogens is 4. The zero-order valence-corrected chi connectivity index (χ0v) is 16.4. The van der Waals surface area contributed by atoms with E-state index in [-0.39, 0.29) is 24.4 Å². The van der Waals surface area contributed by atoms with Gasteiger partial charge < -0.3 is 9.47 Å². The average Bonchev–Trinajstić information content (AvgIpc) is 3.26. The van der Waals surface area contributed by atoms with Crippen molar-refractivity contribution >= 4 is 12.1 Å². The monoisotopic (exact) mass is 409 g/mol. The second-order valence-electron chi connectivity index (χ2n) is 7.62. The maximum Gasteiger partial charge on any atom is 0.411 e. The Labute approximate surface area is 165 Å². The molecule has 0 spiro atoms. The largest absolute Gasteiger partial charge is 0.467 e. The molecule has 2 aromatic rings. The highest BCUT2D eigenvalue weighted by Gasteiger charge is 2.43. The molecule has 29 heavy (non-hydrogen) atoms. The highest BCUT2D eigenvalue weighted by atomic mass is 19.1. The molecule has 1 aliphatic heterocycles. The number of hydrogen-bond donors (Lipinski definition) is 0. The Morgan fingerprint density at radius 2 is 1.97 bits per heavy atom. The van der Waals surface area contributed by atoms with Crippen molar-refractivity contribution in [2.24, 2.45) is 0 Å². The van der Waals surface area contributed by atoms with Gasteiger partial charge in [-0.2, -0.15) is 4.80 Å². The molecule has 1 aromatic carbocycles. The van der Waals surface area contributed by atoms with Crippen LogP contribution in [-0.4, -0.2) is 62.5 Å². The van der Waals surface area contributed by atoms with Gasteiger partial charge in [-0.1, -0.05) is 0 Å². The topological polar surface area (TPSA) is 99.4 Å². The molecule has 1 aliphatic rings. The molecule has 1 aromatic heterocycles. The number of benzene rings is 1. The van der Waals surface area contributed by atoms with Gasteiger partial charge in [0.2, 0.25) is 5.82 Å². The quantitative estimate of drug-likeness (QED) is 0.718. The maximum atomic E-state index is 14.0. The zero-order valence-electron chi connectivity index (χ0n) is 16.4. The van der Waals surface area contributed by atoms with Crippen molar-refractivity contribution in [1.82, 2.24) is 25.1 Å². The molecule has 1 amide bonds. The Kier molecular flexibility index (Phi) is 5.49. The third-order valence-electron chi connectivity index (χ3n) is 4.31. The van der Waals surface area contributed by atoms with Gasteiger partial charge in [0.05, 0.1) is 18.7 Å². The summed E-state index contributed by atoms with van der Waals surface area (Å²) in [6.07, 6.45) is -0.492. The number of carbonyl (C=O) groups excluding carboxylic acids is 2. The fourth-order valence-electron chi connectivity index (χ4n) is 3.02. The molecule has 156 valence electrons. The summed E-state index contributed by atoms with van der Waals surface area (Å²) in [5.41, 5.74) is -0.751. The predicted molar refractivity (Wildman–Crippen MR) is 95.6 cm³/mol. The standard InChI is InChI=1S/C18H21F2N5O4/c1-18(2,3)29-17(27)24-9-11(8-14(24)16(26)28-4)25-22-15(21-23-25)12-6-5-10(19)7-13(12)20/h5-7,11,14H,8-9H2,1-4H3. The minimum Gasteiger partial charge on any atom is -0.467 e. The summed E-state index contributed by atoms with van der Waals surface area (Å²) in [6.45, 7) is 5.23. The first-order valence-corrected chi connectivity index (χ1v) is 8.91. The van der Waals surface area contributed by atoms with Gasteiger partial charge in [0.15, 0.2) is 0 Å². The number of halogens is 2. The minimum absolute atomic E-state index is 0.0100. The second kappa shape index (κ2) is 7.72. The van der Waals surface area contributed by atoms with Crippen LogP contribution in [0, 0.1) is 11.6 Å². The summed E-state index contributed by atoms with van der Waals surface area (Å²) in [4.78, 5) is 27.1. The fourth-order valence-corrected chi connectivity index (χ4v) is 3.02. The van der Waals surface area contributed by atoms with Crippen LogP contribution in [0.3, 0.4) is 0 Å². The smallest absolute Gasteiger partial charge is 0.411 e. The van der Waals surface area contributed by atoms with E-state index in [2.05, 4.69) is 15.4 Å². The lowest BCUT2D eigenvalue weighted by Crippen LogP contribution is -2.43. The van der Waals surface area contributed by atoms with Crippen molar-refractivity contribution in [3.8, 4) is 11.4 Å². The van der Waals surface area contributed by atoms with Gasteiger partial charge in [-0.15, -0.1) is 10.2 Å². The summed E-state index contributed by atoms with van der Waals surface area (Å²) in [5.74, 6) is -2.17. The van der Waals surface area contributed by atoms with Crippen molar-refractivity contribution in [1.29, 1.82) is 0 Å². The minimum atomic E-state index is -0.878. The summed E-state index contributed by atoms with van der Waals surface area (Å²) < 4.78 is 37.2. The number of ether oxygens (including phenoxy) is 2. The van der Waals surface area contributed by atoms with Gasteiger partial charge in [0.25, 0.3) is 0 Å². The van der Waals surface area contributed by atoms with E-state index < -0.39 is 41.4 Å². The molecule has 0 bridgehead atoms. The molecule has 3 rings (SSSR count). The third-order valence-corrected chi connectivity index (χ3v) is 4.31. The van der Waals surface area contributed by atoms with Crippen LogP contribution in [0.5, 0.6) is 0 Å². The Morgan fingerprint density at radius 1 is 1.24 bits per heavy atom. The van der Waals surface area contributed by atoms with Gasteiger partial charge in [-0.05, 0) is 38.1 Å². The molecule has 0 N–H and O–H groups in total. The average molecular weight is 409 g/mol. The zero-order chi connectivity index (χ0) is 21.3. The number of hydrogen-bond acceptors (Lipinski definition) is 7. The lowest BCUT2D eigenvalue weighted by Gasteiger charge is -2.27. The van der Waals surface area contributed by atoms with Crippen LogP contribution in [0.25, 0.3) is 11.4 Å². The normalized spacial score (nSPS) is 19.3. The molecule has 11 heteroatoms. The molecule has 0 radical (unpaired) electrons. The van der Waals surface area contributed by atoms with E-state index in [1.165, 1.54) is 22.9 Å². The summed E-state index contributed by atoms with van der Waals surface area (Å²) in [5, 5.41) is 11.9. The number of amides is 1. The van der Waals surface area contributed by atoms with E-state index in [1.54, 1.807) is 20.8 Å². The molecular weight excluding hydrogens is 388 g/mol. The molecule has 2 atom stereocenters. The molecule has 0 aliphatic carbocycles. The number of methoxy groups -OCH3 is 1.